The number of rotatable bonds is 4. The molecule has 25 heavy (non-hydrogen) atoms. The predicted octanol–water partition coefficient (Wildman–Crippen LogP) is 2.92. The van der Waals surface area contributed by atoms with Gasteiger partial charge in [-0.2, -0.15) is 0 Å². The van der Waals surface area contributed by atoms with Gasteiger partial charge in [-0.25, -0.2) is 0 Å². The molecule has 1 aliphatic rings. The van der Waals surface area contributed by atoms with Crippen LogP contribution in [0.25, 0.3) is 0 Å². The Hall–Kier alpha value is -2.21. The molecule has 3 rings (SSSR count). The van der Waals surface area contributed by atoms with Gasteiger partial charge in [0.25, 0.3) is 0 Å². The molecule has 3 heterocycles. The van der Waals surface area contributed by atoms with E-state index < -0.39 is 0 Å². The molecule has 1 atom stereocenters. The van der Waals surface area contributed by atoms with Gasteiger partial charge >= 0.3 is 0 Å². The predicted molar refractivity (Wildman–Crippen MR) is 98.3 cm³/mol. The minimum Gasteiger partial charge on any atom is -0.343 e. The first kappa shape index (κ1) is 17.6. The average Bonchev–Trinajstić information content (AvgIpc) is 3.14. The van der Waals surface area contributed by atoms with E-state index in [0.717, 1.165) is 16.1 Å². The summed E-state index contributed by atoms with van der Waals surface area (Å²) >= 11 is 1.62. The number of likely N-dealkylation sites (tertiary alicyclic amines) is 1. The van der Waals surface area contributed by atoms with Crippen molar-refractivity contribution in [2.24, 2.45) is 5.92 Å². The van der Waals surface area contributed by atoms with Crippen LogP contribution in [0.4, 0.5) is 0 Å². The van der Waals surface area contributed by atoms with E-state index in [9.17, 15) is 9.59 Å². The standard InChI is InChI=1S/C19H23N3O2S/c1-13-5-3-9-20-17(13)18(16-6-4-12-25-16)21-19(24)15-7-10-22(11-8-15)14(2)23/h3-6,9,12,15,18H,7-8,10-11H2,1-2H3,(H,21,24). The van der Waals surface area contributed by atoms with Gasteiger partial charge in [0.2, 0.25) is 11.8 Å². The summed E-state index contributed by atoms with van der Waals surface area (Å²) in [5.41, 5.74) is 1.95. The van der Waals surface area contributed by atoms with E-state index in [2.05, 4.69) is 10.3 Å². The number of piperidine rings is 1. The first-order valence-corrected chi connectivity index (χ1v) is 9.45. The Balaban J connectivity index is 1.74. The number of hydrogen-bond donors (Lipinski definition) is 1. The molecule has 0 spiro atoms. The quantitative estimate of drug-likeness (QED) is 0.915. The zero-order valence-corrected chi connectivity index (χ0v) is 15.4. The normalized spacial score (nSPS) is 16.5. The van der Waals surface area contributed by atoms with Gasteiger partial charge in [-0.1, -0.05) is 12.1 Å². The lowest BCUT2D eigenvalue weighted by molar-refractivity contribution is -0.134. The monoisotopic (exact) mass is 357 g/mol. The van der Waals surface area contributed by atoms with Crippen molar-refractivity contribution in [1.29, 1.82) is 0 Å². The molecular formula is C19H23N3O2S. The Morgan fingerprint density at radius 1 is 1.28 bits per heavy atom. The summed E-state index contributed by atoms with van der Waals surface area (Å²) in [5.74, 6) is 0.0770. The third-order valence-corrected chi connectivity index (χ3v) is 5.69. The second-order valence-corrected chi connectivity index (χ2v) is 7.42. The molecule has 2 aromatic rings. The van der Waals surface area contributed by atoms with E-state index in [-0.39, 0.29) is 23.8 Å². The number of aryl methyl sites for hydroxylation is 1. The molecule has 1 unspecified atom stereocenters. The molecule has 0 aromatic carbocycles. The summed E-state index contributed by atoms with van der Waals surface area (Å²) in [6.45, 7) is 4.90. The van der Waals surface area contributed by atoms with Crippen LogP contribution in [0.1, 0.15) is 41.9 Å². The number of carbonyl (C=O) groups excluding carboxylic acids is 2. The highest BCUT2D eigenvalue weighted by Gasteiger charge is 2.29. The van der Waals surface area contributed by atoms with E-state index in [1.807, 2.05) is 41.5 Å². The van der Waals surface area contributed by atoms with Crippen molar-refractivity contribution in [2.75, 3.05) is 13.1 Å². The van der Waals surface area contributed by atoms with Gasteiger partial charge in [-0.05, 0) is 42.8 Å². The zero-order valence-electron chi connectivity index (χ0n) is 14.6. The molecular weight excluding hydrogens is 334 g/mol. The van der Waals surface area contributed by atoms with Crippen LogP contribution in [0.2, 0.25) is 0 Å². The lowest BCUT2D eigenvalue weighted by atomic mass is 9.95. The molecule has 2 aromatic heterocycles. The van der Waals surface area contributed by atoms with Crippen LogP contribution in [-0.4, -0.2) is 34.8 Å². The fourth-order valence-corrected chi connectivity index (χ4v) is 4.02. The van der Waals surface area contributed by atoms with Gasteiger partial charge in [-0.15, -0.1) is 11.3 Å². The Kier molecular flexibility index (Phi) is 5.48. The fourth-order valence-electron chi connectivity index (χ4n) is 3.25. The molecule has 5 nitrogen and oxygen atoms in total. The number of carbonyl (C=O) groups is 2. The average molecular weight is 357 g/mol. The lowest BCUT2D eigenvalue weighted by Crippen LogP contribution is -2.43. The minimum absolute atomic E-state index is 0.0478. The maximum atomic E-state index is 12.8. The molecule has 0 saturated carbocycles. The first-order valence-electron chi connectivity index (χ1n) is 8.57. The smallest absolute Gasteiger partial charge is 0.224 e. The maximum Gasteiger partial charge on any atom is 0.224 e. The van der Waals surface area contributed by atoms with Crippen molar-refractivity contribution in [3.05, 3.63) is 52.0 Å². The summed E-state index contributed by atoms with van der Waals surface area (Å²) in [6, 6.07) is 7.72. The Morgan fingerprint density at radius 2 is 2.04 bits per heavy atom. The molecule has 1 N–H and O–H groups in total. The third-order valence-electron chi connectivity index (χ3n) is 4.75. The van der Waals surface area contributed by atoms with Crippen LogP contribution in [-0.2, 0) is 9.59 Å². The number of nitrogens with one attached hydrogen (secondary N) is 1. The van der Waals surface area contributed by atoms with Crippen LogP contribution in [0.5, 0.6) is 0 Å². The van der Waals surface area contributed by atoms with Crippen LogP contribution in [0, 0.1) is 12.8 Å². The van der Waals surface area contributed by atoms with E-state index in [1.165, 1.54) is 0 Å². The number of nitrogens with zero attached hydrogens (tertiary/aromatic N) is 2. The summed E-state index contributed by atoms with van der Waals surface area (Å²) in [5, 5.41) is 5.21. The molecule has 6 heteroatoms. The molecule has 0 aliphatic carbocycles. The highest BCUT2D eigenvalue weighted by Crippen LogP contribution is 2.28. The number of thiophene rings is 1. The Morgan fingerprint density at radius 3 is 2.64 bits per heavy atom. The largest absolute Gasteiger partial charge is 0.343 e. The second-order valence-electron chi connectivity index (χ2n) is 6.44. The van der Waals surface area contributed by atoms with E-state index in [4.69, 9.17) is 0 Å². The zero-order chi connectivity index (χ0) is 17.8. The van der Waals surface area contributed by atoms with Gasteiger partial charge in [0, 0.05) is 37.0 Å². The molecule has 0 radical (unpaired) electrons. The van der Waals surface area contributed by atoms with E-state index in [1.54, 1.807) is 24.5 Å². The molecule has 1 aliphatic heterocycles. The summed E-state index contributed by atoms with van der Waals surface area (Å²) in [6.07, 6.45) is 3.19. The highest BCUT2D eigenvalue weighted by molar-refractivity contribution is 7.10. The molecule has 0 bridgehead atoms. The van der Waals surface area contributed by atoms with Gasteiger partial charge in [0.15, 0.2) is 0 Å². The minimum atomic E-state index is -0.223. The van der Waals surface area contributed by atoms with Crippen molar-refractivity contribution in [3.63, 3.8) is 0 Å². The van der Waals surface area contributed by atoms with Crippen LogP contribution < -0.4 is 5.32 Å². The van der Waals surface area contributed by atoms with Crippen LogP contribution >= 0.6 is 11.3 Å². The summed E-state index contributed by atoms with van der Waals surface area (Å²) in [7, 11) is 0. The number of aromatic nitrogens is 1. The number of hydrogen-bond acceptors (Lipinski definition) is 4. The Labute approximate surface area is 152 Å². The lowest BCUT2D eigenvalue weighted by Gasteiger charge is -2.31. The second kappa shape index (κ2) is 7.78. The van der Waals surface area contributed by atoms with Gasteiger partial charge < -0.3 is 10.2 Å². The summed E-state index contributed by atoms with van der Waals surface area (Å²) < 4.78 is 0. The highest BCUT2D eigenvalue weighted by atomic mass is 32.1. The molecule has 1 fully saturated rings. The van der Waals surface area contributed by atoms with Crippen molar-refractivity contribution >= 4 is 23.2 Å². The van der Waals surface area contributed by atoms with E-state index >= 15 is 0 Å². The van der Waals surface area contributed by atoms with Crippen molar-refractivity contribution in [1.82, 2.24) is 15.2 Å². The van der Waals surface area contributed by atoms with Crippen molar-refractivity contribution in [2.45, 2.75) is 32.7 Å². The van der Waals surface area contributed by atoms with Crippen molar-refractivity contribution in [3.8, 4) is 0 Å². The van der Waals surface area contributed by atoms with Gasteiger partial charge in [0.1, 0.15) is 6.04 Å². The Bertz CT molecular complexity index is 737. The SMILES string of the molecule is CC(=O)N1CCC(C(=O)NC(c2cccs2)c2ncccc2C)CC1. The number of pyridine rings is 1. The van der Waals surface area contributed by atoms with Crippen molar-refractivity contribution < 1.29 is 9.59 Å². The number of amides is 2. The molecule has 2 amide bonds. The maximum absolute atomic E-state index is 12.8. The first-order chi connectivity index (χ1) is 12.1. The van der Waals surface area contributed by atoms with Crippen LogP contribution in [0.3, 0.4) is 0 Å². The van der Waals surface area contributed by atoms with Gasteiger partial charge in [0.05, 0.1) is 5.69 Å². The van der Waals surface area contributed by atoms with Crippen LogP contribution in [0.15, 0.2) is 35.8 Å². The van der Waals surface area contributed by atoms with E-state index in [0.29, 0.717) is 25.9 Å². The summed E-state index contributed by atoms with van der Waals surface area (Å²) in [4.78, 5) is 31.7. The van der Waals surface area contributed by atoms with Gasteiger partial charge in [-0.3, -0.25) is 14.6 Å². The third kappa shape index (κ3) is 4.07. The molecule has 132 valence electrons. The fraction of sp³-hybridized carbons (Fsp3) is 0.421. The molecule has 1 saturated heterocycles. The topological polar surface area (TPSA) is 62.3 Å².